The lowest BCUT2D eigenvalue weighted by Crippen LogP contribution is -2.62. The molecule has 2 unspecified atom stereocenters. The van der Waals surface area contributed by atoms with E-state index >= 15 is 0 Å². The third-order valence-electron chi connectivity index (χ3n) is 9.03. The van der Waals surface area contributed by atoms with Gasteiger partial charge in [0.1, 0.15) is 0 Å². The smallest absolute Gasteiger partial charge is 0.361 e. The number of carbonyl (C=O) groups excluding carboxylic acids is 4. The van der Waals surface area contributed by atoms with Crippen LogP contribution < -0.4 is 21.3 Å². The second kappa shape index (κ2) is 17.3. The van der Waals surface area contributed by atoms with Crippen molar-refractivity contribution < 1.29 is 45.5 Å². The number of nitrogens with one attached hydrogen (secondary N) is 6. The summed E-state index contributed by atoms with van der Waals surface area (Å²) in [7, 11) is 0.412. The lowest BCUT2D eigenvalue weighted by atomic mass is 10.0. The van der Waals surface area contributed by atoms with Gasteiger partial charge in [-0.3, -0.25) is 19.2 Å². The second-order valence-corrected chi connectivity index (χ2v) is 15.9. The van der Waals surface area contributed by atoms with Crippen molar-refractivity contribution in [2.24, 2.45) is 0 Å². The molecule has 2 aromatic heterocycles. The van der Waals surface area contributed by atoms with Crippen LogP contribution in [0.25, 0.3) is 21.8 Å². The van der Waals surface area contributed by atoms with Gasteiger partial charge in [0.15, 0.2) is 9.74 Å². The van der Waals surface area contributed by atoms with Crippen molar-refractivity contribution in [2.75, 3.05) is 0 Å². The third kappa shape index (κ3) is 9.79. The predicted octanol–water partition coefficient (Wildman–Crippen LogP) is 7.20. The highest BCUT2D eigenvalue weighted by Gasteiger charge is 2.54. The van der Waals surface area contributed by atoms with Gasteiger partial charge in [-0.25, -0.2) is 0 Å². The number of carbonyl (C=O) groups is 4. The molecule has 4 aromatic carbocycles. The van der Waals surface area contributed by atoms with Crippen molar-refractivity contribution in [2.45, 2.75) is 48.0 Å². The first-order valence-electron chi connectivity index (χ1n) is 17.5. The van der Waals surface area contributed by atoms with Crippen LogP contribution >= 0.6 is 21.6 Å². The molecule has 58 heavy (non-hydrogen) atoms. The number of aromatic amines is 2. The lowest BCUT2D eigenvalue weighted by molar-refractivity contribution is -0.175. The van der Waals surface area contributed by atoms with E-state index in [4.69, 9.17) is 0 Å². The van der Waals surface area contributed by atoms with Crippen LogP contribution in [0.1, 0.15) is 22.3 Å². The van der Waals surface area contributed by atoms with Gasteiger partial charge in [0.05, 0.1) is 0 Å². The number of fused-ring (bicyclic) bond motifs is 2. The number of amides is 4. The van der Waals surface area contributed by atoms with Crippen molar-refractivity contribution in [3.63, 3.8) is 0 Å². The highest BCUT2D eigenvalue weighted by atomic mass is 33.1. The largest absolute Gasteiger partial charge is 0.471 e. The van der Waals surface area contributed by atoms with Gasteiger partial charge in [-0.2, -0.15) is 26.3 Å². The van der Waals surface area contributed by atoms with Gasteiger partial charge in [0.2, 0.25) is 0 Å². The molecule has 0 aliphatic rings. The minimum absolute atomic E-state index is 0.206. The van der Waals surface area contributed by atoms with E-state index in [2.05, 4.69) is 20.6 Å². The summed E-state index contributed by atoms with van der Waals surface area (Å²) in [6.45, 7) is -0.462. The molecule has 18 heteroatoms. The van der Waals surface area contributed by atoms with Crippen LogP contribution in [0.15, 0.2) is 122 Å². The molecule has 2 heterocycles. The van der Waals surface area contributed by atoms with Crippen molar-refractivity contribution in [3.8, 4) is 0 Å². The van der Waals surface area contributed by atoms with Gasteiger partial charge >= 0.3 is 24.2 Å². The van der Waals surface area contributed by atoms with E-state index in [1.165, 1.54) is 12.4 Å². The van der Waals surface area contributed by atoms with Gasteiger partial charge in [-0.15, -0.1) is 0 Å². The number of para-hydroxylation sites is 2. The standard InChI is InChI=1S/C40H34F6N6O4S2/c41-39(42,43)35(55)51-37(33(53)49-21-25-11-3-1-4-12-25,19-27-23-47-31-17-9-7-15-29(27)31)57-58-38(52-36(56)40(44,45)46,34(54)50-22-26-13-5-2-6-14-26)20-28-24-48-32-18-10-8-16-30(28)32/h1-18,23-24,47-48H,19-22H2,(H,49,53)(H,50,54)(H,51,55)(H,52,56). The summed E-state index contributed by atoms with van der Waals surface area (Å²) in [5.41, 5.74) is 2.61. The zero-order valence-electron chi connectivity index (χ0n) is 30.1. The summed E-state index contributed by atoms with van der Waals surface area (Å²) in [5, 5.41) is 9.72. The molecule has 6 rings (SSSR count). The van der Waals surface area contributed by atoms with E-state index in [1.54, 1.807) is 109 Å². The molecule has 2 atom stereocenters. The van der Waals surface area contributed by atoms with E-state index in [-0.39, 0.29) is 45.8 Å². The Balaban J connectivity index is 1.50. The van der Waals surface area contributed by atoms with Crippen molar-refractivity contribution >= 4 is 67.0 Å². The Morgan fingerprint density at radius 1 is 0.483 bits per heavy atom. The Kier molecular flexibility index (Phi) is 12.5. The Labute approximate surface area is 334 Å². The van der Waals surface area contributed by atoms with E-state index in [9.17, 15) is 45.5 Å². The fourth-order valence-electron chi connectivity index (χ4n) is 6.12. The van der Waals surface area contributed by atoms with Gasteiger partial charge in [0, 0.05) is 60.1 Å². The van der Waals surface area contributed by atoms with E-state index < -0.39 is 58.6 Å². The van der Waals surface area contributed by atoms with Gasteiger partial charge in [0.25, 0.3) is 11.8 Å². The van der Waals surface area contributed by atoms with Crippen LogP contribution in [0.2, 0.25) is 0 Å². The SMILES string of the molecule is O=C(NC(Cc1c[nH]c2ccccc12)(SSC(Cc1c[nH]c2ccccc12)(NC(=O)C(F)(F)F)C(=O)NCc1ccccc1)C(=O)NCc1ccccc1)C(F)(F)F. The summed E-state index contributed by atoms with van der Waals surface area (Å²) in [4.78, 5) is 55.5. The molecule has 6 aromatic rings. The summed E-state index contributed by atoms with van der Waals surface area (Å²) < 4.78 is 85.1. The molecule has 0 bridgehead atoms. The molecule has 6 N–H and O–H groups in total. The molecule has 0 aliphatic carbocycles. The maximum Gasteiger partial charge on any atom is 0.471 e. The molecule has 302 valence electrons. The zero-order chi connectivity index (χ0) is 41.6. The molecule has 0 spiro atoms. The molecule has 0 saturated heterocycles. The van der Waals surface area contributed by atoms with Crippen molar-refractivity contribution in [3.05, 3.63) is 144 Å². The van der Waals surface area contributed by atoms with Crippen molar-refractivity contribution in [1.82, 2.24) is 31.2 Å². The highest BCUT2D eigenvalue weighted by Crippen LogP contribution is 2.47. The second-order valence-electron chi connectivity index (χ2n) is 13.1. The average molecular weight is 841 g/mol. The number of alkyl halides is 6. The predicted molar refractivity (Wildman–Crippen MR) is 210 cm³/mol. The fourth-order valence-corrected chi connectivity index (χ4v) is 9.31. The number of hydrogen-bond acceptors (Lipinski definition) is 6. The van der Waals surface area contributed by atoms with Crippen molar-refractivity contribution in [1.29, 1.82) is 0 Å². The van der Waals surface area contributed by atoms with E-state index in [1.807, 2.05) is 10.6 Å². The minimum Gasteiger partial charge on any atom is -0.361 e. The van der Waals surface area contributed by atoms with Crippen LogP contribution in [0.3, 0.4) is 0 Å². The Hall–Kier alpha value is -5.88. The molecular formula is C40H34F6N6O4S2. The number of H-pyrrole nitrogens is 2. The first-order chi connectivity index (χ1) is 27.6. The van der Waals surface area contributed by atoms with Crippen LogP contribution in [0, 0.1) is 0 Å². The van der Waals surface area contributed by atoms with Gasteiger partial charge < -0.3 is 31.2 Å². The topological polar surface area (TPSA) is 148 Å². The minimum atomic E-state index is -5.53. The Morgan fingerprint density at radius 2 is 0.828 bits per heavy atom. The fraction of sp³-hybridized carbons (Fsp3) is 0.200. The maximum absolute atomic E-state index is 14.5. The summed E-state index contributed by atoms with van der Waals surface area (Å²) >= 11 is 0. The number of benzene rings is 4. The summed E-state index contributed by atoms with van der Waals surface area (Å²) in [6.07, 6.45) is -9.56. The summed E-state index contributed by atoms with van der Waals surface area (Å²) in [6, 6.07) is 29.8. The average Bonchev–Trinajstić information content (AvgIpc) is 3.81. The Bertz CT molecular complexity index is 2240. The molecular weight excluding hydrogens is 807 g/mol. The lowest BCUT2D eigenvalue weighted by Gasteiger charge is -2.38. The zero-order valence-corrected chi connectivity index (χ0v) is 31.7. The monoisotopic (exact) mass is 840 g/mol. The molecule has 10 nitrogen and oxygen atoms in total. The molecule has 0 saturated carbocycles. The van der Waals surface area contributed by atoms with Crippen LogP contribution in [0.4, 0.5) is 26.3 Å². The highest BCUT2D eigenvalue weighted by molar-refractivity contribution is 8.78. The molecule has 0 radical (unpaired) electrons. The number of rotatable bonds is 15. The number of aromatic nitrogens is 2. The number of halogens is 6. The van der Waals surface area contributed by atoms with E-state index in [0.29, 0.717) is 32.9 Å². The van der Waals surface area contributed by atoms with Crippen LogP contribution in [-0.4, -0.2) is 55.7 Å². The number of hydrogen-bond donors (Lipinski definition) is 6. The van der Waals surface area contributed by atoms with Gasteiger partial charge in [-0.05, 0) is 34.4 Å². The summed E-state index contributed by atoms with van der Waals surface area (Å²) in [5.74, 6) is -7.43. The Morgan fingerprint density at radius 3 is 1.19 bits per heavy atom. The van der Waals surface area contributed by atoms with Crippen LogP contribution in [-0.2, 0) is 45.1 Å². The van der Waals surface area contributed by atoms with Crippen LogP contribution in [0.5, 0.6) is 0 Å². The normalized spacial score (nSPS) is 14.0. The first-order valence-corrected chi connectivity index (χ1v) is 19.6. The first kappa shape index (κ1) is 41.7. The van der Waals surface area contributed by atoms with Gasteiger partial charge in [-0.1, -0.05) is 119 Å². The quantitative estimate of drug-likeness (QED) is 0.0367. The molecule has 0 aliphatic heterocycles. The molecule has 0 fully saturated rings. The maximum atomic E-state index is 14.5. The van der Waals surface area contributed by atoms with E-state index in [0.717, 1.165) is 0 Å². The molecule has 4 amide bonds. The third-order valence-corrected chi connectivity index (χ3v) is 12.5.